The molecule has 0 saturated heterocycles. The molecule has 0 unspecified atom stereocenters. The van der Waals surface area contributed by atoms with E-state index in [-0.39, 0.29) is 0 Å². The van der Waals surface area contributed by atoms with Crippen LogP contribution in [-0.2, 0) is 25.9 Å². The molecular formula is C21H25N7. The largest absolute Gasteiger partial charge is 0.397 e. The van der Waals surface area contributed by atoms with Gasteiger partial charge in [0.05, 0.1) is 17.1 Å². The molecule has 3 aromatic rings. The maximum Gasteiger partial charge on any atom is 0.134 e. The summed E-state index contributed by atoms with van der Waals surface area (Å²) >= 11 is 0. The monoisotopic (exact) mass is 375 g/mol. The van der Waals surface area contributed by atoms with Crippen LogP contribution in [0.1, 0.15) is 35.1 Å². The Labute approximate surface area is 165 Å². The van der Waals surface area contributed by atoms with Gasteiger partial charge in [0.1, 0.15) is 18.0 Å². The summed E-state index contributed by atoms with van der Waals surface area (Å²) in [5.74, 6) is 1.72. The first-order valence-electron chi connectivity index (χ1n) is 9.61. The van der Waals surface area contributed by atoms with Gasteiger partial charge in [-0.15, -0.1) is 0 Å². The Bertz CT molecular complexity index is 969. The van der Waals surface area contributed by atoms with E-state index < -0.39 is 0 Å². The summed E-state index contributed by atoms with van der Waals surface area (Å²) < 4.78 is 0. The van der Waals surface area contributed by atoms with Crippen molar-refractivity contribution in [3.8, 4) is 0 Å². The zero-order valence-electron chi connectivity index (χ0n) is 16.3. The third-order valence-corrected chi connectivity index (χ3v) is 5.06. The fourth-order valence-corrected chi connectivity index (χ4v) is 3.50. The van der Waals surface area contributed by atoms with Gasteiger partial charge in [-0.25, -0.2) is 19.9 Å². The van der Waals surface area contributed by atoms with Crippen molar-refractivity contribution in [2.75, 3.05) is 22.5 Å². The molecule has 144 valence electrons. The molecule has 3 N–H and O–H groups in total. The number of fused-ring (bicyclic) bond motifs is 1. The highest BCUT2D eigenvalue weighted by Gasteiger charge is 2.22. The zero-order chi connectivity index (χ0) is 19.5. The molecule has 0 aliphatic carbocycles. The highest BCUT2D eigenvalue weighted by molar-refractivity contribution is 5.69. The van der Waals surface area contributed by atoms with Gasteiger partial charge in [-0.1, -0.05) is 13.0 Å². The van der Waals surface area contributed by atoms with E-state index in [4.69, 9.17) is 5.73 Å². The SMILES string of the molecule is CCc1ncc(CNc2ncnc3c2CN(c2ccc(C)cc2N)CC3)cn1. The molecule has 0 radical (unpaired) electrons. The number of anilines is 3. The van der Waals surface area contributed by atoms with E-state index >= 15 is 0 Å². The Kier molecular flexibility index (Phi) is 5.06. The Morgan fingerprint density at radius 3 is 2.71 bits per heavy atom. The van der Waals surface area contributed by atoms with Gasteiger partial charge in [-0.05, 0) is 24.6 Å². The average Bonchev–Trinajstić information content (AvgIpc) is 2.72. The Morgan fingerprint density at radius 1 is 1.14 bits per heavy atom. The van der Waals surface area contributed by atoms with Gasteiger partial charge in [0.25, 0.3) is 0 Å². The molecule has 1 aliphatic rings. The van der Waals surface area contributed by atoms with E-state index in [9.17, 15) is 0 Å². The summed E-state index contributed by atoms with van der Waals surface area (Å²) in [7, 11) is 0. The molecule has 7 nitrogen and oxygen atoms in total. The summed E-state index contributed by atoms with van der Waals surface area (Å²) in [4.78, 5) is 20.0. The lowest BCUT2D eigenvalue weighted by Gasteiger charge is -2.32. The quantitative estimate of drug-likeness (QED) is 0.662. The molecule has 2 aromatic heterocycles. The standard InChI is InChI=1S/C21H25N7/c1-3-20-23-9-15(10-24-20)11-25-21-16-12-28(7-6-18(16)26-13-27-21)19-5-4-14(2)8-17(19)22/h4-5,8-10,13H,3,6-7,11-12,22H2,1-2H3,(H,25,26,27). The molecule has 1 aromatic carbocycles. The van der Waals surface area contributed by atoms with E-state index in [1.54, 1.807) is 6.33 Å². The van der Waals surface area contributed by atoms with Gasteiger partial charge in [0.2, 0.25) is 0 Å². The second-order valence-electron chi connectivity index (χ2n) is 7.10. The minimum atomic E-state index is 0.625. The van der Waals surface area contributed by atoms with Gasteiger partial charge in [-0.3, -0.25) is 0 Å². The number of nitrogens with zero attached hydrogens (tertiary/aromatic N) is 5. The smallest absolute Gasteiger partial charge is 0.134 e. The van der Waals surface area contributed by atoms with E-state index in [1.807, 2.05) is 25.4 Å². The van der Waals surface area contributed by atoms with Crippen molar-refractivity contribution in [1.82, 2.24) is 19.9 Å². The van der Waals surface area contributed by atoms with Gasteiger partial charge in [0, 0.05) is 56.0 Å². The number of nitrogens with two attached hydrogens (primary N) is 1. The normalized spacial score (nSPS) is 13.3. The van der Waals surface area contributed by atoms with E-state index in [1.165, 1.54) is 5.56 Å². The highest BCUT2D eigenvalue weighted by Crippen LogP contribution is 2.31. The molecule has 0 atom stereocenters. The number of aromatic nitrogens is 4. The van der Waals surface area contributed by atoms with Crippen LogP contribution in [0.5, 0.6) is 0 Å². The molecule has 0 spiro atoms. The fraction of sp³-hybridized carbons (Fsp3) is 0.333. The molecule has 0 saturated carbocycles. The van der Waals surface area contributed by atoms with Crippen molar-refractivity contribution in [3.63, 3.8) is 0 Å². The van der Waals surface area contributed by atoms with E-state index in [0.717, 1.165) is 65.8 Å². The zero-order valence-corrected chi connectivity index (χ0v) is 16.3. The second-order valence-corrected chi connectivity index (χ2v) is 7.10. The second kappa shape index (κ2) is 7.80. The molecule has 0 fully saturated rings. The Morgan fingerprint density at radius 2 is 1.96 bits per heavy atom. The number of hydrogen-bond donors (Lipinski definition) is 2. The lowest BCUT2D eigenvalue weighted by atomic mass is 10.0. The molecule has 7 heteroatoms. The van der Waals surface area contributed by atoms with Gasteiger partial charge >= 0.3 is 0 Å². The summed E-state index contributed by atoms with van der Waals surface area (Å²) in [5.41, 5.74) is 12.6. The molecular weight excluding hydrogens is 350 g/mol. The van der Waals surface area contributed by atoms with Crippen molar-refractivity contribution in [2.45, 2.75) is 39.8 Å². The number of nitrogen functional groups attached to an aromatic ring is 1. The minimum absolute atomic E-state index is 0.625. The minimum Gasteiger partial charge on any atom is -0.397 e. The summed E-state index contributed by atoms with van der Waals surface area (Å²) in [6.07, 6.45) is 7.07. The highest BCUT2D eigenvalue weighted by atomic mass is 15.2. The summed E-state index contributed by atoms with van der Waals surface area (Å²) in [5, 5.41) is 3.43. The molecule has 3 heterocycles. The lowest BCUT2D eigenvalue weighted by Crippen LogP contribution is -2.32. The first-order valence-corrected chi connectivity index (χ1v) is 9.61. The number of rotatable bonds is 5. The predicted molar refractivity (Wildman–Crippen MR) is 111 cm³/mol. The van der Waals surface area contributed by atoms with Gasteiger partial charge < -0.3 is 16.0 Å². The first-order chi connectivity index (χ1) is 13.6. The molecule has 0 amide bonds. The van der Waals surface area contributed by atoms with Crippen LogP contribution in [0.25, 0.3) is 0 Å². The van der Waals surface area contributed by atoms with Crippen LogP contribution in [0.15, 0.2) is 36.9 Å². The molecule has 28 heavy (non-hydrogen) atoms. The average molecular weight is 375 g/mol. The predicted octanol–water partition coefficient (Wildman–Crippen LogP) is 2.89. The van der Waals surface area contributed by atoms with Crippen LogP contribution < -0.4 is 16.0 Å². The van der Waals surface area contributed by atoms with E-state index in [0.29, 0.717) is 6.54 Å². The third-order valence-electron chi connectivity index (χ3n) is 5.06. The van der Waals surface area contributed by atoms with Crippen molar-refractivity contribution >= 4 is 17.2 Å². The fourth-order valence-electron chi connectivity index (χ4n) is 3.50. The Hall–Kier alpha value is -3.22. The lowest BCUT2D eigenvalue weighted by molar-refractivity contribution is 0.706. The number of benzene rings is 1. The maximum atomic E-state index is 6.27. The molecule has 0 bridgehead atoms. The number of nitrogens with one attached hydrogen (secondary N) is 1. The van der Waals surface area contributed by atoms with Crippen molar-refractivity contribution in [3.05, 3.63) is 65.1 Å². The maximum absolute atomic E-state index is 6.27. The van der Waals surface area contributed by atoms with Crippen LogP contribution in [0, 0.1) is 6.92 Å². The van der Waals surface area contributed by atoms with Crippen LogP contribution in [0.3, 0.4) is 0 Å². The third kappa shape index (κ3) is 3.74. The van der Waals surface area contributed by atoms with Crippen LogP contribution >= 0.6 is 0 Å². The van der Waals surface area contributed by atoms with Crippen molar-refractivity contribution in [1.29, 1.82) is 0 Å². The summed E-state index contributed by atoms with van der Waals surface area (Å²) in [6, 6.07) is 6.21. The Balaban J connectivity index is 1.53. The van der Waals surface area contributed by atoms with Crippen molar-refractivity contribution in [2.24, 2.45) is 0 Å². The topological polar surface area (TPSA) is 92.9 Å². The van der Waals surface area contributed by atoms with Gasteiger partial charge in [-0.2, -0.15) is 0 Å². The molecule has 1 aliphatic heterocycles. The first kappa shape index (κ1) is 18.2. The van der Waals surface area contributed by atoms with Crippen LogP contribution in [0.2, 0.25) is 0 Å². The molecule has 4 rings (SSSR count). The number of aryl methyl sites for hydroxylation is 2. The van der Waals surface area contributed by atoms with Crippen LogP contribution in [0.4, 0.5) is 17.2 Å². The summed E-state index contributed by atoms with van der Waals surface area (Å²) in [6.45, 7) is 6.35. The van der Waals surface area contributed by atoms with Crippen molar-refractivity contribution < 1.29 is 0 Å². The van der Waals surface area contributed by atoms with Crippen LogP contribution in [-0.4, -0.2) is 26.5 Å². The van der Waals surface area contributed by atoms with E-state index in [2.05, 4.69) is 49.2 Å². The van der Waals surface area contributed by atoms with Gasteiger partial charge in [0.15, 0.2) is 0 Å². The number of hydrogen-bond acceptors (Lipinski definition) is 7.